The minimum Gasteiger partial charge on any atom is -0.493 e. The number of imide groups is 1. The minimum absolute atomic E-state index is 0.0837. The van der Waals surface area contributed by atoms with Gasteiger partial charge in [-0.3, -0.25) is 14.5 Å². The van der Waals surface area contributed by atoms with Crippen molar-refractivity contribution in [1.82, 2.24) is 4.90 Å². The van der Waals surface area contributed by atoms with Gasteiger partial charge in [-0.05, 0) is 88.0 Å². The number of methoxy groups -OCH3 is 1. The number of hydrogen-bond donors (Lipinski definition) is 0. The molecule has 0 bridgehead atoms. The smallest absolute Gasteiger partial charge is 0.293 e. The molecule has 10 heteroatoms. The highest BCUT2D eigenvalue weighted by atomic mass is 127. The molecule has 5 nitrogen and oxygen atoms in total. The zero-order valence-corrected chi connectivity index (χ0v) is 22.7. The molecule has 2 amide bonds. The number of hydrogen-bond acceptors (Lipinski definition) is 5. The maximum Gasteiger partial charge on any atom is 0.293 e. The van der Waals surface area contributed by atoms with Gasteiger partial charge in [-0.15, -0.1) is 0 Å². The second-order valence-corrected chi connectivity index (χ2v) is 10.4. The Morgan fingerprint density at radius 3 is 2.60 bits per heavy atom. The Morgan fingerprint density at radius 1 is 1.11 bits per heavy atom. The summed E-state index contributed by atoms with van der Waals surface area (Å²) in [6, 6.07) is 14.9. The summed E-state index contributed by atoms with van der Waals surface area (Å²) < 4.78 is 26.1. The molecule has 1 aliphatic rings. The van der Waals surface area contributed by atoms with E-state index in [1.807, 2.05) is 0 Å². The van der Waals surface area contributed by atoms with Gasteiger partial charge in [-0.1, -0.05) is 41.4 Å². The third kappa shape index (κ3) is 5.94. The molecule has 0 unspecified atom stereocenters. The summed E-state index contributed by atoms with van der Waals surface area (Å²) in [5, 5.41) is 0.444. The SMILES string of the molecule is COc1cc(/C=C2\SC(=O)N(Cc3cccc(Cl)c3)C2=O)cc(I)c1OCc1c(F)cccc1Cl. The topological polar surface area (TPSA) is 55.8 Å². The summed E-state index contributed by atoms with van der Waals surface area (Å²) in [5.74, 6) is -0.0348. The standard InChI is InChI=1S/C25H17Cl2FINO4S/c1-33-21-10-15(9-20(29)23(21)34-13-17-18(27)6-3-7-19(17)28)11-22-24(31)30(25(32)35-22)12-14-4-2-5-16(26)8-14/h2-11H,12-13H2,1H3/b22-11-. The summed E-state index contributed by atoms with van der Waals surface area (Å²) >= 11 is 15.0. The Kier molecular flexibility index (Phi) is 8.26. The molecule has 3 aromatic rings. The molecule has 0 radical (unpaired) electrons. The fraction of sp³-hybridized carbons (Fsp3) is 0.120. The van der Waals surface area contributed by atoms with Gasteiger partial charge >= 0.3 is 0 Å². The molecule has 1 fully saturated rings. The van der Waals surface area contributed by atoms with Crippen molar-refractivity contribution in [1.29, 1.82) is 0 Å². The van der Waals surface area contributed by atoms with Gasteiger partial charge < -0.3 is 9.47 Å². The zero-order valence-electron chi connectivity index (χ0n) is 18.2. The zero-order chi connectivity index (χ0) is 25.1. The first kappa shape index (κ1) is 25.8. The van der Waals surface area contributed by atoms with E-state index in [-0.39, 0.29) is 34.9 Å². The monoisotopic (exact) mass is 643 g/mol. The van der Waals surface area contributed by atoms with Crippen LogP contribution in [0.1, 0.15) is 16.7 Å². The van der Waals surface area contributed by atoms with E-state index in [0.29, 0.717) is 30.6 Å². The van der Waals surface area contributed by atoms with Crippen LogP contribution in [0.5, 0.6) is 11.5 Å². The molecule has 0 saturated carbocycles. The third-order valence-corrected chi connectivity index (χ3v) is 7.37. The third-order valence-electron chi connectivity index (χ3n) is 5.08. The molecule has 180 valence electrons. The van der Waals surface area contributed by atoms with Crippen LogP contribution in [-0.4, -0.2) is 23.2 Å². The van der Waals surface area contributed by atoms with Gasteiger partial charge in [0.05, 0.1) is 27.2 Å². The van der Waals surface area contributed by atoms with Gasteiger partial charge in [-0.2, -0.15) is 0 Å². The molecule has 35 heavy (non-hydrogen) atoms. The molecule has 0 aliphatic carbocycles. The van der Waals surface area contributed by atoms with Crippen molar-refractivity contribution < 1.29 is 23.5 Å². The Labute approximate surface area is 229 Å². The molecule has 0 spiro atoms. The van der Waals surface area contributed by atoms with Crippen molar-refractivity contribution in [2.75, 3.05) is 7.11 Å². The maximum absolute atomic E-state index is 14.1. The first-order valence-electron chi connectivity index (χ1n) is 10.2. The van der Waals surface area contributed by atoms with Crippen LogP contribution in [0, 0.1) is 9.39 Å². The van der Waals surface area contributed by atoms with Crippen LogP contribution in [0.4, 0.5) is 9.18 Å². The highest BCUT2D eigenvalue weighted by Crippen LogP contribution is 2.38. The predicted molar refractivity (Wildman–Crippen MR) is 144 cm³/mol. The van der Waals surface area contributed by atoms with Crippen molar-refractivity contribution in [2.45, 2.75) is 13.2 Å². The molecule has 0 N–H and O–H groups in total. The van der Waals surface area contributed by atoms with Crippen LogP contribution in [-0.2, 0) is 17.9 Å². The summed E-state index contributed by atoms with van der Waals surface area (Å²) in [5.41, 5.74) is 1.65. The van der Waals surface area contributed by atoms with Crippen LogP contribution < -0.4 is 9.47 Å². The van der Waals surface area contributed by atoms with Gasteiger partial charge in [0, 0.05) is 10.6 Å². The molecule has 4 rings (SSSR count). The van der Waals surface area contributed by atoms with E-state index in [1.165, 1.54) is 24.1 Å². The average molecular weight is 644 g/mol. The number of nitrogens with zero attached hydrogens (tertiary/aromatic N) is 1. The van der Waals surface area contributed by atoms with Crippen molar-refractivity contribution in [3.63, 3.8) is 0 Å². The van der Waals surface area contributed by atoms with E-state index in [0.717, 1.165) is 17.3 Å². The van der Waals surface area contributed by atoms with E-state index < -0.39 is 5.82 Å². The number of amides is 2. The fourth-order valence-electron chi connectivity index (χ4n) is 3.38. The van der Waals surface area contributed by atoms with Gasteiger partial charge in [0.1, 0.15) is 12.4 Å². The Hall–Kier alpha value is -2.27. The first-order valence-corrected chi connectivity index (χ1v) is 12.8. The second-order valence-electron chi connectivity index (χ2n) is 7.42. The molecule has 0 atom stereocenters. The lowest BCUT2D eigenvalue weighted by Gasteiger charge is -2.15. The van der Waals surface area contributed by atoms with Crippen LogP contribution in [0.2, 0.25) is 10.0 Å². The van der Waals surface area contributed by atoms with Crippen LogP contribution in [0.25, 0.3) is 6.08 Å². The Balaban J connectivity index is 1.55. The number of ether oxygens (including phenoxy) is 2. The molecule has 0 aromatic heterocycles. The number of carbonyl (C=O) groups is 2. The molecule has 1 aliphatic heterocycles. The predicted octanol–water partition coefficient (Wildman–Crippen LogP) is 7.56. The average Bonchev–Trinajstić information content (AvgIpc) is 3.07. The van der Waals surface area contributed by atoms with E-state index >= 15 is 0 Å². The number of rotatable bonds is 7. The molecule has 1 saturated heterocycles. The van der Waals surface area contributed by atoms with Crippen LogP contribution >= 0.6 is 57.6 Å². The molecular weight excluding hydrogens is 627 g/mol. The Morgan fingerprint density at radius 2 is 1.89 bits per heavy atom. The number of thioether (sulfide) groups is 1. The highest BCUT2D eigenvalue weighted by molar-refractivity contribution is 14.1. The van der Waals surface area contributed by atoms with E-state index in [4.69, 9.17) is 32.7 Å². The lowest BCUT2D eigenvalue weighted by molar-refractivity contribution is -0.123. The first-order chi connectivity index (χ1) is 16.8. The summed E-state index contributed by atoms with van der Waals surface area (Å²) in [6.07, 6.45) is 1.63. The van der Waals surface area contributed by atoms with Crippen molar-refractivity contribution in [3.05, 3.63) is 95.6 Å². The van der Waals surface area contributed by atoms with E-state index in [2.05, 4.69) is 22.6 Å². The van der Waals surface area contributed by atoms with Crippen LogP contribution in [0.3, 0.4) is 0 Å². The van der Waals surface area contributed by atoms with E-state index in [9.17, 15) is 14.0 Å². The number of benzene rings is 3. The van der Waals surface area contributed by atoms with Gasteiger partial charge in [0.2, 0.25) is 0 Å². The lowest BCUT2D eigenvalue weighted by Crippen LogP contribution is -2.27. The van der Waals surface area contributed by atoms with Crippen LogP contribution in [0.15, 0.2) is 59.5 Å². The quantitative estimate of drug-likeness (QED) is 0.196. The summed E-state index contributed by atoms with van der Waals surface area (Å²) in [7, 11) is 1.48. The summed E-state index contributed by atoms with van der Waals surface area (Å²) in [4.78, 5) is 26.9. The lowest BCUT2D eigenvalue weighted by atomic mass is 10.1. The molecule has 1 heterocycles. The van der Waals surface area contributed by atoms with Crippen molar-refractivity contribution in [2.24, 2.45) is 0 Å². The van der Waals surface area contributed by atoms with E-state index in [1.54, 1.807) is 48.5 Å². The summed E-state index contributed by atoms with van der Waals surface area (Å²) in [6.45, 7) is 0.0500. The number of halogens is 4. The highest BCUT2D eigenvalue weighted by Gasteiger charge is 2.35. The Bertz CT molecular complexity index is 1330. The van der Waals surface area contributed by atoms with Crippen molar-refractivity contribution in [3.8, 4) is 11.5 Å². The number of carbonyl (C=O) groups excluding carboxylic acids is 2. The fourth-order valence-corrected chi connectivity index (χ4v) is 5.43. The molecular formula is C25H17Cl2FINO4S. The van der Waals surface area contributed by atoms with Crippen molar-refractivity contribution >= 4 is 74.8 Å². The van der Waals surface area contributed by atoms with Gasteiger partial charge in [-0.25, -0.2) is 4.39 Å². The van der Waals surface area contributed by atoms with Gasteiger partial charge in [0.15, 0.2) is 11.5 Å². The second kappa shape index (κ2) is 11.2. The molecule has 3 aromatic carbocycles. The minimum atomic E-state index is -0.461. The normalized spacial score (nSPS) is 14.7. The van der Waals surface area contributed by atoms with Gasteiger partial charge in [0.25, 0.3) is 11.1 Å². The maximum atomic E-state index is 14.1. The largest absolute Gasteiger partial charge is 0.493 e.